The van der Waals surface area contributed by atoms with Crippen molar-refractivity contribution in [2.75, 3.05) is 6.67 Å². The lowest BCUT2D eigenvalue weighted by Gasteiger charge is -2.15. The molecule has 3 N–H and O–H groups in total. The number of carbonyl (C=O) groups excluding carboxylic acids is 1. The van der Waals surface area contributed by atoms with Gasteiger partial charge >= 0.3 is 0 Å². The first-order valence-electron chi connectivity index (χ1n) is 4.23. The quantitative estimate of drug-likeness (QED) is 0.703. The fraction of sp³-hybridized carbons (Fsp3) is 0.300. The van der Waals surface area contributed by atoms with Gasteiger partial charge in [0.1, 0.15) is 13.0 Å². The molecule has 0 aromatic heterocycles. The molecule has 2 atom stereocenters. The van der Waals surface area contributed by atoms with E-state index in [-0.39, 0.29) is 0 Å². The van der Waals surface area contributed by atoms with Crippen molar-refractivity contribution in [3.05, 3.63) is 35.4 Å². The molecule has 0 aliphatic rings. The second kappa shape index (κ2) is 4.83. The lowest BCUT2D eigenvalue weighted by atomic mass is 10.0. The molecule has 0 bridgehead atoms. The Kier molecular flexibility index (Phi) is 3.73. The van der Waals surface area contributed by atoms with E-state index < -0.39 is 18.8 Å². The first kappa shape index (κ1) is 10.8. The summed E-state index contributed by atoms with van der Waals surface area (Å²) in [4.78, 5) is 10.3. The van der Waals surface area contributed by atoms with Crippen molar-refractivity contribution >= 4 is 6.29 Å². The number of alkyl halides is 1. The molecule has 0 amide bonds. The third kappa shape index (κ3) is 2.37. The van der Waals surface area contributed by atoms with E-state index >= 15 is 0 Å². The van der Waals surface area contributed by atoms with Gasteiger partial charge in [0.15, 0.2) is 0 Å². The third-order valence-electron chi connectivity index (χ3n) is 2.00. The third-order valence-corrected chi connectivity index (χ3v) is 2.00. The first-order chi connectivity index (χ1) is 6.69. The Morgan fingerprint density at radius 2 is 2.00 bits per heavy atom. The maximum atomic E-state index is 12.1. The molecule has 0 heterocycles. The van der Waals surface area contributed by atoms with Crippen molar-refractivity contribution in [1.29, 1.82) is 0 Å². The summed E-state index contributed by atoms with van der Waals surface area (Å²) in [5.41, 5.74) is 6.35. The smallest absolute Gasteiger partial charge is 0.150 e. The number of nitrogens with two attached hydrogens (primary N) is 1. The molecule has 0 radical (unpaired) electrons. The number of carbonyl (C=O) groups is 1. The summed E-state index contributed by atoms with van der Waals surface area (Å²) in [6.07, 6.45) is -0.327. The Morgan fingerprint density at radius 1 is 1.43 bits per heavy atom. The number of aldehydes is 1. The van der Waals surface area contributed by atoms with Gasteiger partial charge < -0.3 is 10.8 Å². The van der Waals surface area contributed by atoms with Gasteiger partial charge in [0.05, 0.1) is 12.1 Å². The number of aliphatic hydroxyl groups excluding tert-OH is 1. The van der Waals surface area contributed by atoms with E-state index in [9.17, 15) is 14.3 Å². The Hall–Kier alpha value is -1.26. The highest BCUT2D eigenvalue weighted by atomic mass is 19.1. The summed E-state index contributed by atoms with van der Waals surface area (Å²) in [5, 5.41) is 9.50. The molecule has 76 valence electrons. The van der Waals surface area contributed by atoms with Crippen LogP contribution in [0.3, 0.4) is 0 Å². The summed E-state index contributed by atoms with van der Waals surface area (Å²) in [5.74, 6) is 0. The van der Waals surface area contributed by atoms with Crippen LogP contribution in [-0.4, -0.2) is 24.1 Å². The maximum Gasteiger partial charge on any atom is 0.150 e. The molecule has 0 unspecified atom stereocenters. The van der Waals surface area contributed by atoms with E-state index in [0.29, 0.717) is 17.4 Å². The van der Waals surface area contributed by atoms with Gasteiger partial charge in [-0.05, 0) is 5.56 Å². The van der Waals surface area contributed by atoms with Crippen molar-refractivity contribution in [3.8, 4) is 0 Å². The SMILES string of the molecule is N[C@H](CF)[C@H](O)c1ccc(C=O)cc1. The second-order valence-electron chi connectivity index (χ2n) is 3.05. The predicted molar refractivity (Wildman–Crippen MR) is 50.7 cm³/mol. The molecular weight excluding hydrogens is 185 g/mol. The number of hydrogen-bond donors (Lipinski definition) is 2. The van der Waals surface area contributed by atoms with Crippen LogP contribution in [0.15, 0.2) is 24.3 Å². The van der Waals surface area contributed by atoms with E-state index in [1.165, 1.54) is 0 Å². The van der Waals surface area contributed by atoms with Gasteiger partial charge in [-0.1, -0.05) is 24.3 Å². The van der Waals surface area contributed by atoms with Gasteiger partial charge in [-0.15, -0.1) is 0 Å². The first-order valence-corrected chi connectivity index (χ1v) is 4.23. The summed E-state index contributed by atoms with van der Waals surface area (Å²) < 4.78 is 12.1. The minimum Gasteiger partial charge on any atom is -0.387 e. The minimum atomic E-state index is -1.03. The lowest BCUT2D eigenvalue weighted by molar-refractivity contribution is 0.112. The summed E-state index contributed by atoms with van der Waals surface area (Å²) >= 11 is 0. The Labute approximate surface area is 81.4 Å². The predicted octanol–water partition coefficient (Wildman–Crippen LogP) is 0.829. The van der Waals surface area contributed by atoms with Crippen LogP contribution >= 0.6 is 0 Å². The van der Waals surface area contributed by atoms with Crippen LogP contribution < -0.4 is 5.73 Å². The van der Waals surface area contributed by atoms with Crippen molar-refractivity contribution < 1.29 is 14.3 Å². The average Bonchev–Trinajstić information content (AvgIpc) is 2.27. The van der Waals surface area contributed by atoms with E-state index in [4.69, 9.17) is 5.73 Å². The van der Waals surface area contributed by atoms with Crippen LogP contribution in [0.1, 0.15) is 22.0 Å². The zero-order chi connectivity index (χ0) is 10.6. The van der Waals surface area contributed by atoms with Gasteiger partial charge in [0, 0.05) is 5.56 Å². The van der Waals surface area contributed by atoms with Crippen molar-refractivity contribution in [2.24, 2.45) is 5.73 Å². The molecule has 1 aromatic carbocycles. The molecular formula is C10H12FNO2. The molecule has 0 saturated heterocycles. The molecule has 3 nitrogen and oxygen atoms in total. The van der Waals surface area contributed by atoms with Crippen molar-refractivity contribution in [3.63, 3.8) is 0 Å². The topological polar surface area (TPSA) is 63.3 Å². The minimum absolute atomic E-state index is 0.509. The number of aliphatic hydroxyl groups is 1. The van der Waals surface area contributed by atoms with Gasteiger partial charge in [-0.25, -0.2) is 4.39 Å². The molecule has 1 aromatic rings. The van der Waals surface area contributed by atoms with Crippen LogP contribution in [0.25, 0.3) is 0 Å². The molecule has 0 saturated carbocycles. The normalized spacial score (nSPS) is 14.8. The number of halogens is 1. The fourth-order valence-electron chi connectivity index (χ4n) is 1.10. The summed E-state index contributed by atoms with van der Waals surface area (Å²) in [7, 11) is 0. The van der Waals surface area contributed by atoms with E-state index in [0.717, 1.165) is 0 Å². The van der Waals surface area contributed by atoms with Gasteiger partial charge in [0.25, 0.3) is 0 Å². The zero-order valence-corrected chi connectivity index (χ0v) is 7.56. The van der Waals surface area contributed by atoms with Crippen LogP contribution in [0.2, 0.25) is 0 Å². The molecule has 0 aliphatic heterocycles. The average molecular weight is 197 g/mol. The highest BCUT2D eigenvalue weighted by molar-refractivity contribution is 5.74. The Morgan fingerprint density at radius 3 is 2.43 bits per heavy atom. The van der Waals surface area contributed by atoms with Gasteiger partial charge in [-0.3, -0.25) is 4.79 Å². The largest absolute Gasteiger partial charge is 0.387 e. The van der Waals surface area contributed by atoms with Crippen molar-refractivity contribution in [2.45, 2.75) is 12.1 Å². The highest BCUT2D eigenvalue weighted by Gasteiger charge is 2.16. The van der Waals surface area contributed by atoms with Crippen LogP contribution in [-0.2, 0) is 0 Å². The fourth-order valence-corrected chi connectivity index (χ4v) is 1.10. The van der Waals surface area contributed by atoms with Crippen LogP contribution in [0.5, 0.6) is 0 Å². The van der Waals surface area contributed by atoms with Gasteiger partial charge in [-0.2, -0.15) is 0 Å². The second-order valence-corrected chi connectivity index (χ2v) is 3.05. The van der Waals surface area contributed by atoms with Crippen LogP contribution in [0.4, 0.5) is 4.39 Å². The van der Waals surface area contributed by atoms with E-state index in [1.807, 2.05) is 0 Å². The molecule has 0 fully saturated rings. The van der Waals surface area contributed by atoms with Crippen molar-refractivity contribution in [1.82, 2.24) is 0 Å². The van der Waals surface area contributed by atoms with Gasteiger partial charge in [0.2, 0.25) is 0 Å². The van der Waals surface area contributed by atoms with E-state index in [2.05, 4.69) is 0 Å². The van der Waals surface area contributed by atoms with Crippen LogP contribution in [0, 0.1) is 0 Å². The Bertz CT molecular complexity index is 299. The number of rotatable bonds is 4. The number of benzene rings is 1. The van der Waals surface area contributed by atoms with E-state index in [1.54, 1.807) is 24.3 Å². The standard InChI is InChI=1S/C10H12FNO2/c11-5-9(12)10(14)8-3-1-7(6-13)2-4-8/h1-4,6,9-10,14H,5,12H2/t9-,10-/m1/s1. The highest BCUT2D eigenvalue weighted by Crippen LogP contribution is 2.16. The zero-order valence-electron chi connectivity index (χ0n) is 7.56. The Balaban J connectivity index is 2.80. The lowest BCUT2D eigenvalue weighted by Crippen LogP contribution is -2.30. The molecule has 4 heteroatoms. The monoisotopic (exact) mass is 197 g/mol. The number of hydrogen-bond acceptors (Lipinski definition) is 3. The molecule has 1 rings (SSSR count). The molecule has 0 aliphatic carbocycles. The molecule has 14 heavy (non-hydrogen) atoms. The summed E-state index contributed by atoms with van der Waals surface area (Å²) in [6, 6.07) is 5.30. The maximum absolute atomic E-state index is 12.1. The summed E-state index contributed by atoms with van der Waals surface area (Å²) in [6.45, 7) is -0.781. The molecule has 0 spiro atoms.